The number of nitrogens with one attached hydrogen (secondary N) is 1. The van der Waals surface area contributed by atoms with Crippen molar-refractivity contribution in [3.8, 4) is 5.75 Å². The van der Waals surface area contributed by atoms with Gasteiger partial charge in [-0.15, -0.1) is 0 Å². The van der Waals surface area contributed by atoms with Gasteiger partial charge in [-0.2, -0.15) is 0 Å². The summed E-state index contributed by atoms with van der Waals surface area (Å²) in [5.41, 5.74) is 0.906. The molecule has 0 fully saturated rings. The van der Waals surface area contributed by atoms with Gasteiger partial charge in [0.2, 0.25) is 0 Å². The molecule has 0 aliphatic rings. The Bertz CT molecular complexity index is 532. The van der Waals surface area contributed by atoms with Crippen molar-refractivity contribution >= 4 is 43.4 Å². The summed E-state index contributed by atoms with van der Waals surface area (Å²) in [7, 11) is 1.64. The first-order valence-electron chi connectivity index (χ1n) is 4.92. The summed E-state index contributed by atoms with van der Waals surface area (Å²) in [6, 6.07) is 9.53. The molecule has 3 nitrogen and oxygen atoms in total. The minimum Gasteiger partial charge on any atom is -0.497 e. The van der Waals surface area contributed by atoms with E-state index in [9.17, 15) is 0 Å². The van der Waals surface area contributed by atoms with Gasteiger partial charge in [0.05, 0.1) is 17.3 Å². The molecule has 0 atom stereocenters. The van der Waals surface area contributed by atoms with Crippen molar-refractivity contribution in [1.82, 2.24) is 4.98 Å². The number of ether oxygens (including phenoxy) is 1. The van der Waals surface area contributed by atoms with Crippen LogP contribution in [0.25, 0.3) is 0 Å². The fourth-order valence-corrected chi connectivity index (χ4v) is 2.03. The zero-order valence-electron chi connectivity index (χ0n) is 9.08. The molecule has 0 saturated carbocycles. The quantitative estimate of drug-likeness (QED) is 0.886. The minimum atomic E-state index is 0.765. The van der Waals surface area contributed by atoms with Crippen molar-refractivity contribution < 1.29 is 4.74 Å². The molecule has 0 aliphatic carbocycles. The topological polar surface area (TPSA) is 34.1 Å². The number of aromatic nitrogens is 1. The Morgan fingerprint density at radius 1 is 1.18 bits per heavy atom. The van der Waals surface area contributed by atoms with Gasteiger partial charge >= 0.3 is 0 Å². The molecule has 0 unspecified atom stereocenters. The number of methoxy groups -OCH3 is 1. The molecular weight excluding hydrogens is 348 g/mol. The second kappa shape index (κ2) is 5.51. The largest absolute Gasteiger partial charge is 0.497 e. The van der Waals surface area contributed by atoms with Crippen molar-refractivity contribution in [2.24, 2.45) is 0 Å². The maximum Gasteiger partial charge on any atom is 0.144 e. The van der Waals surface area contributed by atoms with Crippen molar-refractivity contribution in [3.05, 3.63) is 45.5 Å². The van der Waals surface area contributed by atoms with E-state index in [4.69, 9.17) is 4.74 Å². The van der Waals surface area contributed by atoms with E-state index in [1.165, 1.54) is 0 Å². The van der Waals surface area contributed by atoms with Crippen LogP contribution >= 0.6 is 31.9 Å². The molecule has 0 amide bonds. The van der Waals surface area contributed by atoms with Crippen LogP contribution in [0.4, 0.5) is 11.5 Å². The van der Waals surface area contributed by atoms with E-state index in [1.54, 1.807) is 13.3 Å². The number of pyridine rings is 1. The Kier molecular flexibility index (Phi) is 4.02. The van der Waals surface area contributed by atoms with Crippen molar-refractivity contribution in [2.75, 3.05) is 12.4 Å². The van der Waals surface area contributed by atoms with Crippen LogP contribution in [-0.2, 0) is 0 Å². The summed E-state index contributed by atoms with van der Waals surface area (Å²) >= 11 is 6.92. The van der Waals surface area contributed by atoms with Gasteiger partial charge in [-0.1, -0.05) is 0 Å². The van der Waals surface area contributed by atoms with Crippen LogP contribution in [0.5, 0.6) is 5.75 Å². The molecule has 0 bridgehead atoms. The van der Waals surface area contributed by atoms with Crippen LogP contribution in [0.1, 0.15) is 0 Å². The van der Waals surface area contributed by atoms with E-state index >= 15 is 0 Å². The van der Waals surface area contributed by atoms with Crippen LogP contribution in [0.15, 0.2) is 45.5 Å². The number of rotatable bonds is 3. The SMILES string of the molecule is COc1ccc(Br)c(Nc2ncccc2Br)c1. The molecule has 2 aromatic rings. The van der Waals surface area contributed by atoms with E-state index in [0.717, 1.165) is 26.2 Å². The van der Waals surface area contributed by atoms with Crippen molar-refractivity contribution in [2.45, 2.75) is 0 Å². The number of benzene rings is 1. The molecule has 5 heteroatoms. The van der Waals surface area contributed by atoms with Gasteiger partial charge in [0, 0.05) is 16.7 Å². The fraction of sp³-hybridized carbons (Fsp3) is 0.0833. The highest BCUT2D eigenvalue weighted by atomic mass is 79.9. The van der Waals surface area contributed by atoms with Gasteiger partial charge in [-0.25, -0.2) is 4.98 Å². The van der Waals surface area contributed by atoms with Gasteiger partial charge in [0.1, 0.15) is 11.6 Å². The Balaban J connectivity index is 2.32. The lowest BCUT2D eigenvalue weighted by Gasteiger charge is -2.10. The lowest BCUT2D eigenvalue weighted by Crippen LogP contribution is -1.95. The number of nitrogens with zero attached hydrogens (tertiary/aromatic N) is 1. The molecule has 88 valence electrons. The van der Waals surface area contributed by atoms with E-state index in [-0.39, 0.29) is 0 Å². The summed E-state index contributed by atoms with van der Waals surface area (Å²) in [5.74, 6) is 1.56. The number of hydrogen-bond donors (Lipinski definition) is 1. The first-order valence-corrected chi connectivity index (χ1v) is 6.50. The smallest absolute Gasteiger partial charge is 0.144 e. The fourth-order valence-electron chi connectivity index (χ4n) is 1.33. The predicted molar refractivity (Wildman–Crippen MR) is 75.9 cm³/mol. The standard InChI is InChI=1S/C12H10Br2N2O/c1-17-8-4-5-9(13)11(7-8)16-12-10(14)3-2-6-15-12/h2-7H,1H3,(H,15,16). The molecule has 0 saturated heterocycles. The van der Waals surface area contributed by atoms with E-state index in [1.807, 2.05) is 30.3 Å². The lowest BCUT2D eigenvalue weighted by atomic mass is 10.3. The zero-order chi connectivity index (χ0) is 12.3. The molecule has 17 heavy (non-hydrogen) atoms. The average Bonchev–Trinajstić information content (AvgIpc) is 2.35. The first kappa shape index (κ1) is 12.4. The monoisotopic (exact) mass is 356 g/mol. The maximum absolute atomic E-state index is 5.18. The van der Waals surface area contributed by atoms with Gasteiger partial charge in [0.15, 0.2) is 0 Å². The molecular formula is C12H10Br2N2O. The second-order valence-corrected chi connectivity index (χ2v) is 5.01. The minimum absolute atomic E-state index is 0.765. The normalized spacial score (nSPS) is 10.1. The molecule has 0 spiro atoms. The van der Waals surface area contributed by atoms with Crippen LogP contribution < -0.4 is 10.1 Å². The average molecular weight is 358 g/mol. The third kappa shape index (κ3) is 2.98. The van der Waals surface area contributed by atoms with Gasteiger partial charge in [0.25, 0.3) is 0 Å². The Morgan fingerprint density at radius 3 is 2.71 bits per heavy atom. The number of hydrogen-bond acceptors (Lipinski definition) is 3. The summed E-state index contributed by atoms with van der Waals surface area (Å²) < 4.78 is 7.05. The highest BCUT2D eigenvalue weighted by Crippen LogP contribution is 2.31. The molecule has 1 aromatic carbocycles. The summed E-state index contributed by atoms with van der Waals surface area (Å²) in [5, 5.41) is 3.23. The van der Waals surface area contributed by atoms with Gasteiger partial charge < -0.3 is 10.1 Å². The molecule has 1 heterocycles. The van der Waals surface area contributed by atoms with Crippen molar-refractivity contribution in [3.63, 3.8) is 0 Å². The molecule has 0 aliphatic heterocycles. The Morgan fingerprint density at radius 2 is 2.00 bits per heavy atom. The van der Waals surface area contributed by atoms with Crippen LogP contribution in [0.3, 0.4) is 0 Å². The van der Waals surface area contributed by atoms with Crippen LogP contribution in [0, 0.1) is 0 Å². The molecule has 1 aromatic heterocycles. The third-order valence-corrected chi connectivity index (χ3v) is 3.52. The third-order valence-electron chi connectivity index (χ3n) is 2.19. The molecule has 1 N–H and O–H groups in total. The Hall–Kier alpha value is -1.07. The van der Waals surface area contributed by atoms with Gasteiger partial charge in [-0.05, 0) is 56.1 Å². The van der Waals surface area contributed by atoms with Gasteiger partial charge in [-0.3, -0.25) is 0 Å². The maximum atomic E-state index is 5.18. The van der Waals surface area contributed by atoms with Crippen LogP contribution in [-0.4, -0.2) is 12.1 Å². The lowest BCUT2D eigenvalue weighted by molar-refractivity contribution is 0.415. The van der Waals surface area contributed by atoms with E-state index in [0.29, 0.717) is 0 Å². The second-order valence-electron chi connectivity index (χ2n) is 3.30. The Labute approximate surface area is 116 Å². The first-order chi connectivity index (χ1) is 8.20. The van der Waals surface area contributed by atoms with Crippen LogP contribution in [0.2, 0.25) is 0 Å². The number of halogens is 2. The van der Waals surface area contributed by atoms with E-state index < -0.39 is 0 Å². The van der Waals surface area contributed by atoms with Crippen molar-refractivity contribution in [1.29, 1.82) is 0 Å². The molecule has 0 radical (unpaired) electrons. The zero-order valence-corrected chi connectivity index (χ0v) is 12.2. The van der Waals surface area contributed by atoms with E-state index in [2.05, 4.69) is 42.2 Å². The summed E-state index contributed by atoms with van der Waals surface area (Å²) in [6.45, 7) is 0. The molecule has 2 rings (SSSR count). The summed E-state index contributed by atoms with van der Waals surface area (Å²) in [4.78, 5) is 4.25. The highest BCUT2D eigenvalue weighted by Gasteiger charge is 2.05. The highest BCUT2D eigenvalue weighted by molar-refractivity contribution is 9.11. The number of anilines is 2. The predicted octanol–water partition coefficient (Wildman–Crippen LogP) is 4.36. The summed E-state index contributed by atoms with van der Waals surface area (Å²) in [6.07, 6.45) is 1.74.